The van der Waals surface area contributed by atoms with Gasteiger partial charge in [0.1, 0.15) is 0 Å². The van der Waals surface area contributed by atoms with Crippen LogP contribution in [-0.2, 0) is 0 Å². The fourth-order valence-electron chi connectivity index (χ4n) is 3.28. The summed E-state index contributed by atoms with van der Waals surface area (Å²) in [6.45, 7) is 1.64. The number of nitrogens with two attached hydrogens (primary N) is 1. The van der Waals surface area contributed by atoms with Gasteiger partial charge in [0.2, 0.25) is 0 Å². The molecular weight excluding hydrogens is 320 g/mol. The molecule has 0 unspecified atom stereocenters. The van der Waals surface area contributed by atoms with Crippen molar-refractivity contribution in [1.82, 2.24) is 5.32 Å². The topological polar surface area (TPSA) is 55.1 Å². The van der Waals surface area contributed by atoms with Gasteiger partial charge < -0.3 is 11.1 Å². The Kier molecular flexibility index (Phi) is 14.9. The predicted octanol–water partition coefficient (Wildman–Crippen LogP) is 5.84. The standard InChI is InChI=1S/C23H40N2O/c24-20-16-11-9-7-5-3-1-2-4-6-8-10-12-17-21-25-23(26)22-18-14-13-15-19-22/h13-15,18-19H,1-12,16-17,20-21,24H2,(H,25,26). The Morgan fingerprint density at radius 1 is 0.654 bits per heavy atom. The number of hydrogen-bond donors (Lipinski definition) is 2. The maximum atomic E-state index is 11.9. The highest BCUT2D eigenvalue weighted by Gasteiger charge is 2.02. The average Bonchev–Trinajstić information content (AvgIpc) is 2.68. The van der Waals surface area contributed by atoms with Crippen molar-refractivity contribution in [3.8, 4) is 0 Å². The number of nitrogens with one attached hydrogen (secondary N) is 1. The van der Waals surface area contributed by atoms with Gasteiger partial charge in [-0.2, -0.15) is 0 Å². The van der Waals surface area contributed by atoms with E-state index in [4.69, 9.17) is 5.73 Å². The van der Waals surface area contributed by atoms with E-state index in [-0.39, 0.29) is 5.91 Å². The van der Waals surface area contributed by atoms with Crippen LogP contribution in [0.5, 0.6) is 0 Å². The quantitative estimate of drug-likeness (QED) is 0.343. The lowest BCUT2D eigenvalue weighted by molar-refractivity contribution is 0.0953. The zero-order valence-electron chi connectivity index (χ0n) is 16.7. The van der Waals surface area contributed by atoms with E-state index in [2.05, 4.69) is 5.32 Å². The van der Waals surface area contributed by atoms with Crippen LogP contribution in [0.25, 0.3) is 0 Å². The van der Waals surface area contributed by atoms with Crippen molar-refractivity contribution >= 4 is 5.91 Å². The molecule has 0 aromatic heterocycles. The summed E-state index contributed by atoms with van der Waals surface area (Å²) in [5.74, 6) is 0.0463. The molecule has 0 aliphatic carbocycles. The summed E-state index contributed by atoms with van der Waals surface area (Å²) in [5.41, 5.74) is 6.25. The minimum absolute atomic E-state index is 0.0463. The zero-order chi connectivity index (χ0) is 18.7. The Balaban J connectivity index is 1.76. The van der Waals surface area contributed by atoms with Crippen molar-refractivity contribution in [2.24, 2.45) is 5.73 Å². The van der Waals surface area contributed by atoms with E-state index in [9.17, 15) is 4.79 Å². The summed E-state index contributed by atoms with van der Waals surface area (Å²) in [4.78, 5) is 11.9. The first kappa shape index (κ1) is 22.7. The fraction of sp³-hybridized carbons (Fsp3) is 0.696. The highest BCUT2D eigenvalue weighted by molar-refractivity contribution is 5.94. The SMILES string of the molecule is NCCCCCCCCCCCCCCCCNC(=O)c1ccccc1. The van der Waals surface area contributed by atoms with E-state index in [0.717, 1.165) is 25.1 Å². The Labute approximate surface area is 161 Å². The number of hydrogen-bond acceptors (Lipinski definition) is 2. The summed E-state index contributed by atoms with van der Waals surface area (Å²) >= 11 is 0. The lowest BCUT2D eigenvalue weighted by atomic mass is 10.0. The van der Waals surface area contributed by atoms with Gasteiger partial charge in [0.05, 0.1) is 0 Å². The minimum atomic E-state index is 0.0463. The third-order valence-electron chi connectivity index (χ3n) is 4.95. The molecule has 0 atom stereocenters. The molecule has 1 amide bonds. The second-order valence-corrected chi connectivity index (χ2v) is 7.36. The van der Waals surface area contributed by atoms with E-state index in [1.54, 1.807) is 0 Å². The van der Waals surface area contributed by atoms with Crippen molar-refractivity contribution < 1.29 is 4.79 Å². The maximum absolute atomic E-state index is 11.9. The van der Waals surface area contributed by atoms with Crippen molar-refractivity contribution in [2.75, 3.05) is 13.1 Å². The molecule has 3 heteroatoms. The largest absolute Gasteiger partial charge is 0.352 e. The van der Waals surface area contributed by atoms with Crippen LogP contribution in [0.4, 0.5) is 0 Å². The second-order valence-electron chi connectivity index (χ2n) is 7.36. The third-order valence-corrected chi connectivity index (χ3v) is 4.95. The molecule has 0 radical (unpaired) electrons. The van der Waals surface area contributed by atoms with Gasteiger partial charge in [-0.15, -0.1) is 0 Å². The predicted molar refractivity (Wildman–Crippen MR) is 112 cm³/mol. The summed E-state index contributed by atoms with van der Waals surface area (Å²) in [6, 6.07) is 9.45. The average molecular weight is 361 g/mol. The molecule has 0 saturated heterocycles. The molecule has 0 saturated carbocycles. The van der Waals surface area contributed by atoms with Gasteiger partial charge in [-0.3, -0.25) is 4.79 Å². The van der Waals surface area contributed by atoms with Crippen LogP contribution in [0.1, 0.15) is 100 Å². The van der Waals surface area contributed by atoms with E-state index in [1.165, 1.54) is 83.5 Å². The summed E-state index contributed by atoms with van der Waals surface area (Å²) in [6.07, 6.45) is 18.6. The van der Waals surface area contributed by atoms with Gasteiger partial charge >= 0.3 is 0 Å². The van der Waals surface area contributed by atoms with Crippen LogP contribution in [0, 0.1) is 0 Å². The fourth-order valence-corrected chi connectivity index (χ4v) is 3.28. The van der Waals surface area contributed by atoms with Crippen molar-refractivity contribution in [2.45, 2.75) is 89.9 Å². The molecule has 1 aromatic carbocycles. The maximum Gasteiger partial charge on any atom is 0.251 e. The molecule has 1 aromatic rings. The van der Waals surface area contributed by atoms with E-state index >= 15 is 0 Å². The Bertz CT molecular complexity index is 433. The molecule has 0 spiro atoms. The molecule has 26 heavy (non-hydrogen) atoms. The highest BCUT2D eigenvalue weighted by Crippen LogP contribution is 2.12. The van der Waals surface area contributed by atoms with Crippen LogP contribution < -0.4 is 11.1 Å². The smallest absolute Gasteiger partial charge is 0.251 e. The minimum Gasteiger partial charge on any atom is -0.352 e. The molecular formula is C23H40N2O. The van der Waals surface area contributed by atoms with Gasteiger partial charge in [-0.25, -0.2) is 0 Å². The third kappa shape index (κ3) is 12.9. The van der Waals surface area contributed by atoms with Gasteiger partial charge in [0, 0.05) is 12.1 Å². The second kappa shape index (κ2) is 17.1. The van der Waals surface area contributed by atoms with Gasteiger partial charge in [0.25, 0.3) is 5.91 Å². The summed E-state index contributed by atoms with van der Waals surface area (Å²) in [7, 11) is 0. The normalized spacial score (nSPS) is 10.8. The first-order valence-corrected chi connectivity index (χ1v) is 10.9. The first-order chi connectivity index (χ1) is 12.8. The molecule has 1 rings (SSSR count). The number of amides is 1. The first-order valence-electron chi connectivity index (χ1n) is 10.9. The lowest BCUT2D eigenvalue weighted by Gasteiger charge is -2.05. The number of carbonyl (C=O) groups is 1. The molecule has 148 valence electrons. The van der Waals surface area contributed by atoms with E-state index < -0.39 is 0 Å². The van der Waals surface area contributed by atoms with E-state index in [0.29, 0.717) is 0 Å². The van der Waals surface area contributed by atoms with Crippen LogP contribution in [-0.4, -0.2) is 19.0 Å². The molecule has 3 nitrogen and oxygen atoms in total. The number of unbranched alkanes of at least 4 members (excludes halogenated alkanes) is 13. The highest BCUT2D eigenvalue weighted by atomic mass is 16.1. The Morgan fingerprint density at radius 3 is 1.54 bits per heavy atom. The van der Waals surface area contributed by atoms with Crippen molar-refractivity contribution in [3.05, 3.63) is 35.9 Å². The summed E-state index contributed by atoms with van der Waals surface area (Å²) < 4.78 is 0. The number of carbonyl (C=O) groups excluding carboxylic acids is 1. The Hall–Kier alpha value is -1.35. The molecule has 0 heterocycles. The van der Waals surface area contributed by atoms with Gasteiger partial charge in [-0.05, 0) is 31.5 Å². The number of rotatable bonds is 17. The monoisotopic (exact) mass is 360 g/mol. The lowest BCUT2D eigenvalue weighted by Crippen LogP contribution is -2.24. The van der Waals surface area contributed by atoms with E-state index in [1.807, 2.05) is 30.3 Å². The van der Waals surface area contributed by atoms with Gasteiger partial charge in [0.15, 0.2) is 0 Å². The van der Waals surface area contributed by atoms with Crippen LogP contribution in [0.15, 0.2) is 30.3 Å². The molecule has 0 aliphatic rings. The zero-order valence-corrected chi connectivity index (χ0v) is 16.7. The van der Waals surface area contributed by atoms with Crippen LogP contribution >= 0.6 is 0 Å². The van der Waals surface area contributed by atoms with Crippen LogP contribution in [0.2, 0.25) is 0 Å². The molecule has 0 fully saturated rings. The van der Waals surface area contributed by atoms with Crippen LogP contribution in [0.3, 0.4) is 0 Å². The van der Waals surface area contributed by atoms with Crippen molar-refractivity contribution in [3.63, 3.8) is 0 Å². The molecule has 0 bridgehead atoms. The molecule has 3 N–H and O–H groups in total. The summed E-state index contributed by atoms with van der Waals surface area (Å²) in [5, 5.41) is 3.00. The number of benzene rings is 1. The molecule has 0 aliphatic heterocycles. The Morgan fingerprint density at radius 2 is 1.08 bits per heavy atom. The van der Waals surface area contributed by atoms with Crippen molar-refractivity contribution in [1.29, 1.82) is 0 Å². The van der Waals surface area contributed by atoms with Gasteiger partial charge in [-0.1, -0.05) is 95.2 Å².